The summed E-state index contributed by atoms with van der Waals surface area (Å²) in [6, 6.07) is 5.80. The standard InChI is InChI=1S/C20H24N2O7/c1-5-12(2)21-18(23)11-29-20(25)13-9-16(26-3)17(27-4)10-14(13)22-19(24)15-7-6-8-28-15/h6-10,12H,5,11H2,1-4H3,(H,21,23)(H,22,24). The zero-order valence-corrected chi connectivity index (χ0v) is 16.7. The first-order valence-electron chi connectivity index (χ1n) is 8.96. The molecule has 0 saturated heterocycles. The molecule has 0 bridgehead atoms. The van der Waals surface area contributed by atoms with Gasteiger partial charge in [-0.1, -0.05) is 6.92 Å². The van der Waals surface area contributed by atoms with Crippen molar-refractivity contribution < 1.29 is 33.0 Å². The predicted octanol–water partition coefficient (Wildman–Crippen LogP) is 2.62. The molecule has 0 saturated carbocycles. The summed E-state index contributed by atoms with van der Waals surface area (Å²) in [6.07, 6.45) is 2.10. The minimum Gasteiger partial charge on any atom is -0.493 e. The molecule has 9 heteroatoms. The lowest BCUT2D eigenvalue weighted by Gasteiger charge is -2.15. The zero-order valence-electron chi connectivity index (χ0n) is 16.7. The summed E-state index contributed by atoms with van der Waals surface area (Å²) in [5, 5.41) is 5.28. The maximum Gasteiger partial charge on any atom is 0.340 e. The van der Waals surface area contributed by atoms with E-state index >= 15 is 0 Å². The van der Waals surface area contributed by atoms with Crippen LogP contribution in [0.3, 0.4) is 0 Å². The molecule has 29 heavy (non-hydrogen) atoms. The molecular formula is C20H24N2O7. The van der Waals surface area contributed by atoms with Crippen molar-refractivity contribution in [2.24, 2.45) is 0 Å². The van der Waals surface area contributed by atoms with Gasteiger partial charge in [-0.3, -0.25) is 9.59 Å². The van der Waals surface area contributed by atoms with Gasteiger partial charge in [0.1, 0.15) is 0 Å². The van der Waals surface area contributed by atoms with Gasteiger partial charge in [-0.05, 0) is 25.5 Å². The van der Waals surface area contributed by atoms with Gasteiger partial charge in [-0.25, -0.2) is 4.79 Å². The number of methoxy groups -OCH3 is 2. The molecule has 0 spiro atoms. The minimum atomic E-state index is -0.806. The number of furan rings is 1. The summed E-state index contributed by atoms with van der Waals surface area (Å²) in [5.74, 6) is -1.17. The average molecular weight is 404 g/mol. The highest BCUT2D eigenvalue weighted by Crippen LogP contribution is 2.34. The molecule has 2 rings (SSSR count). The van der Waals surface area contributed by atoms with Gasteiger partial charge in [0, 0.05) is 18.2 Å². The normalized spacial score (nSPS) is 11.3. The lowest BCUT2D eigenvalue weighted by atomic mass is 10.1. The monoisotopic (exact) mass is 404 g/mol. The quantitative estimate of drug-likeness (QED) is 0.617. The smallest absolute Gasteiger partial charge is 0.340 e. The Balaban J connectivity index is 2.24. The molecule has 1 aromatic heterocycles. The van der Waals surface area contributed by atoms with Crippen LogP contribution in [0.2, 0.25) is 0 Å². The molecule has 1 unspecified atom stereocenters. The van der Waals surface area contributed by atoms with E-state index < -0.39 is 24.4 Å². The molecule has 1 heterocycles. The third-order valence-corrected chi connectivity index (χ3v) is 4.09. The van der Waals surface area contributed by atoms with Crippen molar-refractivity contribution in [1.29, 1.82) is 0 Å². The molecule has 2 N–H and O–H groups in total. The van der Waals surface area contributed by atoms with E-state index in [1.54, 1.807) is 6.07 Å². The van der Waals surface area contributed by atoms with Crippen LogP contribution in [0.25, 0.3) is 0 Å². The molecule has 2 aromatic rings. The summed E-state index contributed by atoms with van der Waals surface area (Å²) in [4.78, 5) is 36.8. The van der Waals surface area contributed by atoms with Gasteiger partial charge in [-0.15, -0.1) is 0 Å². The second-order valence-electron chi connectivity index (χ2n) is 6.14. The second-order valence-corrected chi connectivity index (χ2v) is 6.14. The fraction of sp³-hybridized carbons (Fsp3) is 0.350. The number of esters is 1. The van der Waals surface area contributed by atoms with E-state index in [-0.39, 0.29) is 28.8 Å². The van der Waals surface area contributed by atoms with Crippen LogP contribution in [0, 0.1) is 0 Å². The number of benzene rings is 1. The molecule has 0 fully saturated rings. The van der Waals surface area contributed by atoms with Crippen molar-refractivity contribution in [3.8, 4) is 11.5 Å². The zero-order chi connectivity index (χ0) is 21.4. The van der Waals surface area contributed by atoms with Crippen LogP contribution < -0.4 is 20.1 Å². The summed E-state index contributed by atoms with van der Waals surface area (Å²) < 4.78 is 20.6. The summed E-state index contributed by atoms with van der Waals surface area (Å²) in [7, 11) is 2.83. The van der Waals surface area contributed by atoms with E-state index in [9.17, 15) is 14.4 Å². The van der Waals surface area contributed by atoms with Gasteiger partial charge in [-0.2, -0.15) is 0 Å². The lowest BCUT2D eigenvalue weighted by molar-refractivity contribution is -0.124. The first kappa shape index (κ1) is 21.8. The van der Waals surface area contributed by atoms with Crippen molar-refractivity contribution in [2.75, 3.05) is 26.1 Å². The fourth-order valence-corrected chi connectivity index (χ4v) is 2.37. The molecule has 9 nitrogen and oxygen atoms in total. The van der Waals surface area contributed by atoms with Crippen molar-refractivity contribution in [3.05, 3.63) is 41.9 Å². The Hall–Kier alpha value is -3.49. The first-order valence-corrected chi connectivity index (χ1v) is 8.96. The topological polar surface area (TPSA) is 116 Å². The van der Waals surface area contributed by atoms with Gasteiger partial charge in [0.2, 0.25) is 0 Å². The van der Waals surface area contributed by atoms with Gasteiger partial charge >= 0.3 is 5.97 Å². The van der Waals surface area contributed by atoms with Gasteiger partial charge in [0.25, 0.3) is 11.8 Å². The fourth-order valence-electron chi connectivity index (χ4n) is 2.37. The van der Waals surface area contributed by atoms with Crippen LogP contribution in [0.5, 0.6) is 11.5 Å². The molecule has 2 amide bonds. The van der Waals surface area contributed by atoms with E-state index in [4.69, 9.17) is 18.6 Å². The number of ether oxygens (including phenoxy) is 3. The third-order valence-electron chi connectivity index (χ3n) is 4.09. The van der Waals surface area contributed by atoms with Crippen molar-refractivity contribution in [3.63, 3.8) is 0 Å². The van der Waals surface area contributed by atoms with E-state index in [0.29, 0.717) is 5.75 Å². The number of nitrogens with one attached hydrogen (secondary N) is 2. The number of carbonyl (C=O) groups is 3. The van der Waals surface area contributed by atoms with Crippen LogP contribution in [0.4, 0.5) is 5.69 Å². The number of amides is 2. The van der Waals surface area contributed by atoms with Crippen molar-refractivity contribution in [2.45, 2.75) is 26.3 Å². The van der Waals surface area contributed by atoms with Crippen LogP contribution in [-0.4, -0.2) is 44.7 Å². The molecule has 1 aromatic carbocycles. The van der Waals surface area contributed by atoms with Gasteiger partial charge in [0.05, 0.1) is 31.7 Å². The van der Waals surface area contributed by atoms with E-state index in [2.05, 4.69) is 10.6 Å². The lowest BCUT2D eigenvalue weighted by Crippen LogP contribution is -2.35. The highest BCUT2D eigenvalue weighted by atomic mass is 16.5. The van der Waals surface area contributed by atoms with E-state index in [1.165, 1.54) is 38.7 Å². The largest absolute Gasteiger partial charge is 0.493 e. The van der Waals surface area contributed by atoms with E-state index in [1.807, 2.05) is 13.8 Å². The van der Waals surface area contributed by atoms with Gasteiger partial charge < -0.3 is 29.3 Å². The Morgan fingerprint density at radius 3 is 2.41 bits per heavy atom. The highest BCUT2D eigenvalue weighted by molar-refractivity contribution is 6.07. The average Bonchev–Trinajstić information content (AvgIpc) is 3.26. The van der Waals surface area contributed by atoms with Crippen molar-refractivity contribution >= 4 is 23.5 Å². The molecule has 0 aliphatic carbocycles. The Labute approximate surface area is 168 Å². The Bertz CT molecular complexity index is 862. The third kappa shape index (κ3) is 5.74. The number of anilines is 1. The molecule has 156 valence electrons. The van der Waals surface area contributed by atoms with Gasteiger partial charge in [0.15, 0.2) is 23.9 Å². The number of carbonyl (C=O) groups excluding carboxylic acids is 3. The molecule has 0 radical (unpaired) electrons. The SMILES string of the molecule is CCC(C)NC(=O)COC(=O)c1cc(OC)c(OC)cc1NC(=O)c1ccco1. The Kier molecular flexibility index (Phi) is 7.64. The molecule has 0 aliphatic rings. The minimum absolute atomic E-state index is 0.00102. The molecule has 1 atom stereocenters. The Morgan fingerprint density at radius 2 is 1.83 bits per heavy atom. The molecule has 0 aliphatic heterocycles. The van der Waals surface area contributed by atoms with Crippen LogP contribution in [0.15, 0.2) is 34.9 Å². The van der Waals surface area contributed by atoms with Crippen LogP contribution in [-0.2, 0) is 9.53 Å². The maximum atomic E-state index is 12.6. The number of rotatable bonds is 9. The molecular weight excluding hydrogens is 380 g/mol. The van der Waals surface area contributed by atoms with Crippen molar-refractivity contribution in [1.82, 2.24) is 5.32 Å². The Morgan fingerprint density at radius 1 is 1.14 bits per heavy atom. The highest BCUT2D eigenvalue weighted by Gasteiger charge is 2.22. The number of hydrogen-bond acceptors (Lipinski definition) is 7. The van der Waals surface area contributed by atoms with E-state index in [0.717, 1.165) is 6.42 Å². The maximum absolute atomic E-state index is 12.6. The summed E-state index contributed by atoms with van der Waals surface area (Å²) in [5.41, 5.74) is 0.121. The predicted molar refractivity (Wildman–Crippen MR) is 104 cm³/mol. The van der Waals surface area contributed by atoms with Crippen LogP contribution >= 0.6 is 0 Å². The van der Waals surface area contributed by atoms with Crippen LogP contribution in [0.1, 0.15) is 41.2 Å². The second kappa shape index (κ2) is 10.2. The summed E-state index contributed by atoms with van der Waals surface area (Å²) in [6.45, 7) is 3.31. The summed E-state index contributed by atoms with van der Waals surface area (Å²) >= 11 is 0. The number of hydrogen-bond donors (Lipinski definition) is 2. The first-order chi connectivity index (χ1) is 13.9.